The highest BCUT2D eigenvalue weighted by atomic mass is 19.1. The van der Waals surface area contributed by atoms with Gasteiger partial charge in [0.15, 0.2) is 0 Å². The Bertz CT molecular complexity index is 396. The molecule has 0 aromatic heterocycles. The van der Waals surface area contributed by atoms with Crippen molar-refractivity contribution in [3.8, 4) is 5.75 Å². The average molecular weight is 283 g/mol. The molecule has 114 valence electrons. The molecule has 0 aliphatic heterocycles. The summed E-state index contributed by atoms with van der Waals surface area (Å²) in [5, 5.41) is 3.27. The SMILES string of the molecule is CCCNC(C)c1ccc(OCCOC(C)C)cc1F. The van der Waals surface area contributed by atoms with Gasteiger partial charge in [-0.2, -0.15) is 0 Å². The Kier molecular flexibility index (Phi) is 7.55. The van der Waals surface area contributed by atoms with Gasteiger partial charge in [-0.25, -0.2) is 4.39 Å². The first kappa shape index (κ1) is 16.9. The van der Waals surface area contributed by atoms with Crippen molar-refractivity contribution >= 4 is 0 Å². The van der Waals surface area contributed by atoms with Crippen molar-refractivity contribution in [2.75, 3.05) is 19.8 Å². The molecule has 0 aliphatic carbocycles. The maximum Gasteiger partial charge on any atom is 0.131 e. The molecule has 20 heavy (non-hydrogen) atoms. The van der Waals surface area contributed by atoms with Gasteiger partial charge in [-0.05, 0) is 39.8 Å². The van der Waals surface area contributed by atoms with Crippen LogP contribution < -0.4 is 10.1 Å². The van der Waals surface area contributed by atoms with E-state index < -0.39 is 0 Å². The lowest BCUT2D eigenvalue weighted by Crippen LogP contribution is -2.20. The Hall–Kier alpha value is -1.13. The topological polar surface area (TPSA) is 30.5 Å². The van der Waals surface area contributed by atoms with E-state index in [1.54, 1.807) is 12.1 Å². The van der Waals surface area contributed by atoms with Gasteiger partial charge < -0.3 is 14.8 Å². The van der Waals surface area contributed by atoms with E-state index >= 15 is 0 Å². The lowest BCUT2D eigenvalue weighted by Gasteiger charge is -2.15. The van der Waals surface area contributed by atoms with Gasteiger partial charge in [0.25, 0.3) is 0 Å². The molecule has 4 heteroatoms. The summed E-state index contributed by atoms with van der Waals surface area (Å²) in [5.41, 5.74) is 0.671. The molecule has 0 aliphatic rings. The van der Waals surface area contributed by atoms with Gasteiger partial charge in [-0.1, -0.05) is 13.0 Å². The van der Waals surface area contributed by atoms with Gasteiger partial charge in [-0.3, -0.25) is 0 Å². The van der Waals surface area contributed by atoms with Crippen molar-refractivity contribution < 1.29 is 13.9 Å². The van der Waals surface area contributed by atoms with Crippen molar-refractivity contribution in [3.63, 3.8) is 0 Å². The molecule has 1 atom stereocenters. The van der Waals surface area contributed by atoms with Crippen LogP contribution in [0.3, 0.4) is 0 Å². The molecule has 0 amide bonds. The number of hydrogen-bond donors (Lipinski definition) is 1. The number of nitrogens with one attached hydrogen (secondary N) is 1. The number of hydrogen-bond acceptors (Lipinski definition) is 3. The summed E-state index contributed by atoms with van der Waals surface area (Å²) in [4.78, 5) is 0. The van der Waals surface area contributed by atoms with Crippen molar-refractivity contribution in [1.82, 2.24) is 5.32 Å². The van der Waals surface area contributed by atoms with Gasteiger partial charge in [0.1, 0.15) is 18.2 Å². The normalized spacial score (nSPS) is 12.7. The zero-order valence-electron chi connectivity index (χ0n) is 12.9. The van der Waals surface area contributed by atoms with Crippen LogP contribution in [0.25, 0.3) is 0 Å². The highest BCUT2D eigenvalue weighted by Gasteiger charge is 2.11. The van der Waals surface area contributed by atoms with Gasteiger partial charge in [0.05, 0.1) is 12.7 Å². The van der Waals surface area contributed by atoms with Crippen LogP contribution in [0.5, 0.6) is 5.75 Å². The van der Waals surface area contributed by atoms with Gasteiger partial charge >= 0.3 is 0 Å². The molecule has 0 heterocycles. The third-order valence-corrected chi connectivity index (χ3v) is 2.94. The van der Waals surface area contributed by atoms with E-state index in [2.05, 4.69) is 12.2 Å². The molecule has 1 N–H and O–H groups in total. The molecule has 0 fully saturated rings. The third kappa shape index (κ3) is 5.88. The van der Waals surface area contributed by atoms with Crippen LogP contribution in [-0.4, -0.2) is 25.9 Å². The zero-order chi connectivity index (χ0) is 15.0. The van der Waals surface area contributed by atoms with Crippen LogP contribution in [0.15, 0.2) is 18.2 Å². The average Bonchev–Trinajstić information content (AvgIpc) is 2.41. The first-order valence-electron chi connectivity index (χ1n) is 7.31. The fourth-order valence-electron chi connectivity index (χ4n) is 1.86. The summed E-state index contributed by atoms with van der Waals surface area (Å²) < 4.78 is 24.9. The van der Waals surface area contributed by atoms with E-state index in [4.69, 9.17) is 9.47 Å². The van der Waals surface area contributed by atoms with E-state index in [0.29, 0.717) is 24.5 Å². The minimum Gasteiger partial charge on any atom is -0.491 e. The summed E-state index contributed by atoms with van der Waals surface area (Å²) in [6.07, 6.45) is 1.21. The van der Waals surface area contributed by atoms with Crippen LogP contribution in [0, 0.1) is 5.82 Å². The quantitative estimate of drug-likeness (QED) is 0.701. The summed E-state index contributed by atoms with van der Waals surface area (Å²) in [6, 6.07) is 5.03. The second-order valence-electron chi connectivity index (χ2n) is 5.13. The van der Waals surface area contributed by atoms with Crippen LogP contribution in [0.1, 0.15) is 45.7 Å². The highest BCUT2D eigenvalue weighted by Crippen LogP contribution is 2.21. The molecular weight excluding hydrogens is 257 g/mol. The van der Waals surface area contributed by atoms with Crippen molar-refractivity contribution in [1.29, 1.82) is 0 Å². The monoisotopic (exact) mass is 283 g/mol. The van der Waals surface area contributed by atoms with E-state index in [0.717, 1.165) is 13.0 Å². The number of benzene rings is 1. The van der Waals surface area contributed by atoms with E-state index in [1.165, 1.54) is 6.07 Å². The molecule has 1 rings (SSSR count). The summed E-state index contributed by atoms with van der Waals surface area (Å²) in [6.45, 7) is 9.82. The number of halogens is 1. The van der Waals surface area contributed by atoms with Gasteiger partial charge in [0, 0.05) is 17.7 Å². The van der Waals surface area contributed by atoms with Crippen LogP contribution in [0.2, 0.25) is 0 Å². The van der Waals surface area contributed by atoms with E-state index in [-0.39, 0.29) is 18.0 Å². The lowest BCUT2D eigenvalue weighted by atomic mass is 10.1. The molecule has 3 nitrogen and oxygen atoms in total. The predicted molar refractivity (Wildman–Crippen MR) is 79.7 cm³/mol. The van der Waals surface area contributed by atoms with Gasteiger partial charge in [0.2, 0.25) is 0 Å². The van der Waals surface area contributed by atoms with Crippen molar-refractivity contribution in [2.24, 2.45) is 0 Å². The summed E-state index contributed by atoms with van der Waals surface area (Å²) in [5.74, 6) is 0.310. The van der Waals surface area contributed by atoms with Crippen molar-refractivity contribution in [3.05, 3.63) is 29.6 Å². The standard InChI is InChI=1S/C16H26FNO2/c1-5-8-18-13(4)15-7-6-14(11-16(15)17)20-10-9-19-12(2)3/h6-7,11-13,18H,5,8-10H2,1-4H3. The van der Waals surface area contributed by atoms with Gasteiger partial charge in [-0.15, -0.1) is 0 Å². The molecule has 0 saturated heterocycles. The third-order valence-electron chi connectivity index (χ3n) is 2.94. The van der Waals surface area contributed by atoms with Crippen LogP contribution >= 0.6 is 0 Å². The Balaban J connectivity index is 2.50. The fraction of sp³-hybridized carbons (Fsp3) is 0.625. The predicted octanol–water partition coefficient (Wildman–Crippen LogP) is 3.69. The first-order chi connectivity index (χ1) is 9.54. The lowest BCUT2D eigenvalue weighted by molar-refractivity contribution is 0.0552. The summed E-state index contributed by atoms with van der Waals surface area (Å²) >= 11 is 0. The number of ether oxygens (including phenoxy) is 2. The Morgan fingerprint density at radius 2 is 1.95 bits per heavy atom. The van der Waals surface area contributed by atoms with E-state index in [9.17, 15) is 4.39 Å². The molecule has 0 spiro atoms. The maximum absolute atomic E-state index is 14.0. The molecule has 0 radical (unpaired) electrons. The molecule has 1 aromatic rings. The maximum atomic E-state index is 14.0. The van der Waals surface area contributed by atoms with Crippen molar-refractivity contribution in [2.45, 2.75) is 46.3 Å². The molecule has 1 aromatic carbocycles. The molecular formula is C16H26FNO2. The molecule has 0 bridgehead atoms. The largest absolute Gasteiger partial charge is 0.491 e. The highest BCUT2D eigenvalue weighted by molar-refractivity contribution is 5.30. The Morgan fingerprint density at radius 3 is 2.55 bits per heavy atom. The second kappa shape index (κ2) is 8.93. The Labute approximate surface area is 121 Å². The second-order valence-corrected chi connectivity index (χ2v) is 5.13. The fourth-order valence-corrected chi connectivity index (χ4v) is 1.86. The minimum atomic E-state index is -0.233. The van der Waals surface area contributed by atoms with Crippen LogP contribution in [-0.2, 0) is 4.74 Å². The van der Waals surface area contributed by atoms with Crippen LogP contribution in [0.4, 0.5) is 4.39 Å². The minimum absolute atomic E-state index is 0.00766. The Morgan fingerprint density at radius 1 is 1.20 bits per heavy atom. The molecule has 0 saturated carbocycles. The summed E-state index contributed by atoms with van der Waals surface area (Å²) in [7, 11) is 0. The first-order valence-corrected chi connectivity index (χ1v) is 7.31. The zero-order valence-corrected chi connectivity index (χ0v) is 12.9. The number of rotatable bonds is 9. The smallest absolute Gasteiger partial charge is 0.131 e. The van der Waals surface area contributed by atoms with E-state index in [1.807, 2.05) is 20.8 Å². The molecule has 1 unspecified atom stereocenters.